The Labute approximate surface area is 237 Å². The molecule has 3 aromatic heterocycles. The zero-order chi connectivity index (χ0) is 28.1. The fourth-order valence-corrected chi connectivity index (χ4v) is 6.25. The maximum Gasteiger partial charge on any atom is 0.335 e. The van der Waals surface area contributed by atoms with Crippen LogP contribution in [0.2, 0.25) is 0 Å². The molecule has 1 fully saturated rings. The minimum Gasteiger partial charge on any atom is -0.478 e. The smallest absolute Gasteiger partial charge is 0.335 e. The lowest BCUT2D eigenvalue weighted by Crippen LogP contribution is -2.14. The van der Waals surface area contributed by atoms with E-state index in [9.17, 15) is 9.90 Å². The molecule has 41 heavy (non-hydrogen) atoms. The van der Waals surface area contributed by atoms with Crippen LogP contribution in [0.15, 0.2) is 72.9 Å². The molecule has 1 aliphatic carbocycles. The van der Waals surface area contributed by atoms with Crippen LogP contribution in [0.5, 0.6) is 0 Å². The number of nitrogens with zero attached hydrogens (tertiary/aromatic N) is 6. The number of aryl methyl sites for hydroxylation is 1. The number of rotatable bonds is 5. The molecule has 0 bridgehead atoms. The number of aromatic nitrogens is 6. The van der Waals surface area contributed by atoms with Crippen molar-refractivity contribution in [2.24, 2.45) is 0 Å². The van der Waals surface area contributed by atoms with Crippen molar-refractivity contribution < 1.29 is 9.90 Å². The van der Waals surface area contributed by atoms with E-state index in [1.165, 1.54) is 19.3 Å². The largest absolute Gasteiger partial charge is 0.478 e. The quantitative estimate of drug-likeness (QED) is 0.245. The van der Waals surface area contributed by atoms with Crippen molar-refractivity contribution in [2.75, 3.05) is 0 Å². The topological polar surface area (TPSA) is 98.7 Å². The van der Waals surface area contributed by atoms with Crippen LogP contribution in [-0.2, 0) is 0 Å². The fraction of sp³-hybridized carbons (Fsp3) is 0.242. The summed E-state index contributed by atoms with van der Waals surface area (Å²) in [5, 5.41) is 14.3. The maximum absolute atomic E-state index is 11.6. The summed E-state index contributed by atoms with van der Waals surface area (Å²) in [4.78, 5) is 26.4. The lowest BCUT2D eigenvalue weighted by molar-refractivity contribution is 0.0697. The van der Waals surface area contributed by atoms with E-state index in [2.05, 4.69) is 11.5 Å². The number of carbonyl (C=O) groups is 1. The molecule has 0 atom stereocenters. The molecule has 0 saturated heterocycles. The summed E-state index contributed by atoms with van der Waals surface area (Å²) in [5.41, 5.74) is 9.15. The van der Waals surface area contributed by atoms with Gasteiger partial charge < -0.3 is 9.67 Å². The predicted octanol–water partition coefficient (Wildman–Crippen LogP) is 7.32. The number of hydrogen-bond acceptors (Lipinski definition) is 5. The Balaban J connectivity index is 1.31. The van der Waals surface area contributed by atoms with Gasteiger partial charge in [0.15, 0.2) is 0 Å². The molecule has 3 heterocycles. The molecular formula is C33H30N6O2. The summed E-state index contributed by atoms with van der Waals surface area (Å²) >= 11 is 0. The first-order valence-corrected chi connectivity index (χ1v) is 14.1. The minimum absolute atomic E-state index is 0.246. The summed E-state index contributed by atoms with van der Waals surface area (Å²) in [5.74, 6) is -0.102. The zero-order valence-corrected chi connectivity index (χ0v) is 23.1. The van der Waals surface area contributed by atoms with Crippen LogP contribution in [0.1, 0.15) is 59.9 Å². The number of imidazole rings is 1. The molecule has 0 unspecified atom stereocenters. The Morgan fingerprint density at radius 3 is 2.46 bits per heavy atom. The highest BCUT2D eigenvalue weighted by molar-refractivity contribution is 5.93. The molecule has 0 spiro atoms. The third-order valence-electron chi connectivity index (χ3n) is 8.22. The molecule has 8 nitrogen and oxygen atoms in total. The summed E-state index contributed by atoms with van der Waals surface area (Å²) in [7, 11) is 0. The van der Waals surface area contributed by atoms with Crippen LogP contribution < -0.4 is 0 Å². The molecule has 7 rings (SSSR count). The number of carboxylic acid groups (broad SMARTS) is 1. The summed E-state index contributed by atoms with van der Waals surface area (Å²) in [6.45, 7) is 4.06. The highest BCUT2D eigenvalue weighted by Crippen LogP contribution is 2.37. The van der Waals surface area contributed by atoms with Gasteiger partial charge in [-0.3, -0.25) is 4.98 Å². The highest BCUT2D eigenvalue weighted by atomic mass is 16.4. The SMILES string of the molecule is Cc1nn(-c2ccccc2)c(C)c1-c1cnc2cc(-c3nc4cc(C(=O)O)ccc4n3C3CCCCC3)ccc2n1. The van der Waals surface area contributed by atoms with E-state index in [0.29, 0.717) is 11.6 Å². The third kappa shape index (κ3) is 4.36. The molecule has 1 N–H and O–H groups in total. The Morgan fingerprint density at radius 1 is 0.878 bits per heavy atom. The molecule has 204 valence electrons. The average Bonchev–Trinajstić information content (AvgIpc) is 3.53. The molecule has 1 saturated carbocycles. The van der Waals surface area contributed by atoms with Crippen molar-refractivity contribution >= 4 is 28.0 Å². The first-order valence-electron chi connectivity index (χ1n) is 14.1. The molecule has 0 aliphatic heterocycles. The van der Waals surface area contributed by atoms with Crippen LogP contribution in [0.4, 0.5) is 0 Å². The van der Waals surface area contributed by atoms with Gasteiger partial charge in [-0.15, -0.1) is 0 Å². The second kappa shape index (κ2) is 9.96. The van der Waals surface area contributed by atoms with Crippen molar-refractivity contribution in [2.45, 2.75) is 52.0 Å². The van der Waals surface area contributed by atoms with Crippen LogP contribution in [0.25, 0.3) is 50.4 Å². The van der Waals surface area contributed by atoms with Gasteiger partial charge in [-0.1, -0.05) is 37.5 Å². The number of fused-ring (bicyclic) bond motifs is 2. The molecule has 0 amide bonds. The number of para-hydroxylation sites is 1. The minimum atomic E-state index is -0.947. The Bertz CT molecular complexity index is 1930. The highest BCUT2D eigenvalue weighted by Gasteiger charge is 2.24. The molecule has 1 aliphatic rings. The molecule has 3 aromatic carbocycles. The van der Waals surface area contributed by atoms with Gasteiger partial charge in [0.05, 0.1) is 56.6 Å². The third-order valence-corrected chi connectivity index (χ3v) is 8.22. The molecule has 0 radical (unpaired) electrons. The molecule has 6 aromatic rings. The van der Waals surface area contributed by atoms with Crippen molar-refractivity contribution in [3.05, 3.63) is 89.9 Å². The summed E-state index contributed by atoms with van der Waals surface area (Å²) < 4.78 is 4.26. The van der Waals surface area contributed by atoms with Gasteiger partial charge in [0.2, 0.25) is 0 Å². The van der Waals surface area contributed by atoms with Gasteiger partial charge in [-0.05, 0) is 75.2 Å². The predicted molar refractivity (Wildman–Crippen MR) is 159 cm³/mol. The van der Waals surface area contributed by atoms with Crippen molar-refractivity contribution in [3.63, 3.8) is 0 Å². The van der Waals surface area contributed by atoms with E-state index < -0.39 is 5.97 Å². The Hall–Kier alpha value is -4.85. The normalized spacial score (nSPS) is 14.2. The molecular weight excluding hydrogens is 512 g/mol. The van der Waals surface area contributed by atoms with E-state index in [1.54, 1.807) is 12.1 Å². The van der Waals surface area contributed by atoms with Crippen molar-refractivity contribution in [3.8, 4) is 28.3 Å². The van der Waals surface area contributed by atoms with Crippen LogP contribution in [-0.4, -0.2) is 40.4 Å². The Kier molecular flexibility index (Phi) is 6.11. The maximum atomic E-state index is 11.6. The summed E-state index contributed by atoms with van der Waals surface area (Å²) in [6.07, 6.45) is 7.61. The van der Waals surface area contributed by atoms with Gasteiger partial charge in [0, 0.05) is 17.2 Å². The lowest BCUT2D eigenvalue weighted by atomic mass is 9.94. The second-order valence-corrected chi connectivity index (χ2v) is 10.9. The van der Waals surface area contributed by atoms with Gasteiger partial charge in [-0.25, -0.2) is 19.4 Å². The number of carboxylic acids is 1. The zero-order valence-electron chi connectivity index (χ0n) is 23.1. The number of benzene rings is 3. The second-order valence-electron chi connectivity index (χ2n) is 10.9. The summed E-state index contributed by atoms with van der Waals surface area (Å²) in [6, 6.07) is 21.8. The van der Waals surface area contributed by atoms with E-state index >= 15 is 0 Å². The van der Waals surface area contributed by atoms with Crippen molar-refractivity contribution in [1.82, 2.24) is 29.3 Å². The standard InChI is InChI=1S/C33H30N6O2/c1-20-31(21(2)39(37-20)25-11-7-4-8-12-25)29-19-34-27-17-22(13-15-26(27)35-29)32-36-28-18-23(33(40)41)14-16-30(28)38(32)24-9-5-3-6-10-24/h4,7-8,11-19,24H,3,5-6,9-10H2,1-2H3,(H,40,41). The van der Waals surface area contributed by atoms with E-state index in [-0.39, 0.29) is 5.56 Å². The fourth-order valence-electron chi connectivity index (χ4n) is 6.25. The number of aromatic carboxylic acids is 1. The first-order chi connectivity index (χ1) is 20.0. The Morgan fingerprint density at radius 2 is 1.68 bits per heavy atom. The lowest BCUT2D eigenvalue weighted by Gasteiger charge is -2.25. The average molecular weight is 543 g/mol. The molecule has 8 heteroatoms. The van der Waals surface area contributed by atoms with E-state index in [1.807, 2.05) is 72.4 Å². The monoisotopic (exact) mass is 542 g/mol. The van der Waals surface area contributed by atoms with Gasteiger partial charge in [0.1, 0.15) is 5.82 Å². The van der Waals surface area contributed by atoms with Crippen LogP contribution in [0, 0.1) is 13.8 Å². The van der Waals surface area contributed by atoms with Crippen LogP contribution >= 0.6 is 0 Å². The van der Waals surface area contributed by atoms with Gasteiger partial charge >= 0.3 is 5.97 Å². The van der Waals surface area contributed by atoms with E-state index in [0.717, 1.165) is 69.1 Å². The van der Waals surface area contributed by atoms with E-state index in [4.69, 9.17) is 20.1 Å². The van der Waals surface area contributed by atoms with Crippen LogP contribution in [0.3, 0.4) is 0 Å². The first kappa shape index (κ1) is 25.1. The van der Waals surface area contributed by atoms with Gasteiger partial charge in [-0.2, -0.15) is 5.10 Å². The van der Waals surface area contributed by atoms with Gasteiger partial charge in [0.25, 0.3) is 0 Å². The number of hydrogen-bond donors (Lipinski definition) is 1. The van der Waals surface area contributed by atoms with Crippen molar-refractivity contribution in [1.29, 1.82) is 0 Å².